The van der Waals surface area contributed by atoms with Gasteiger partial charge in [-0.25, -0.2) is 0 Å². The number of aliphatic hydroxyl groups excluding tert-OH is 1. The van der Waals surface area contributed by atoms with Gasteiger partial charge in [-0.15, -0.1) is 0 Å². The van der Waals surface area contributed by atoms with Crippen molar-refractivity contribution in [3.63, 3.8) is 0 Å². The summed E-state index contributed by atoms with van der Waals surface area (Å²) in [5.41, 5.74) is 0.134. The van der Waals surface area contributed by atoms with E-state index in [1.807, 2.05) is 6.92 Å². The zero-order valence-corrected chi connectivity index (χ0v) is 10.4. The van der Waals surface area contributed by atoms with Gasteiger partial charge in [0.25, 0.3) is 11.6 Å². The second-order valence-electron chi connectivity index (χ2n) is 4.09. The number of nitrogens with zero attached hydrogens (tertiary/aromatic N) is 2. The summed E-state index contributed by atoms with van der Waals surface area (Å²) < 4.78 is 1.55. The third kappa shape index (κ3) is 3.56. The summed E-state index contributed by atoms with van der Waals surface area (Å²) in [6, 6.07) is 1.24. The molecule has 1 rings (SSSR count). The van der Waals surface area contributed by atoms with E-state index in [2.05, 4.69) is 5.32 Å². The largest absolute Gasteiger partial charge is 0.392 e. The van der Waals surface area contributed by atoms with Crippen molar-refractivity contribution >= 4 is 11.6 Å². The van der Waals surface area contributed by atoms with Crippen LogP contribution in [0.5, 0.6) is 0 Å². The second-order valence-corrected chi connectivity index (χ2v) is 4.09. The van der Waals surface area contributed by atoms with Crippen LogP contribution in [-0.4, -0.2) is 33.2 Å². The van der Waals surface area contributed by atoms with Crippen LogP contribution >= 0.6 is 0 Å². The average molecular weight is 255 g/mol. The zero-order chi connectivity index (χ0) is 13.7. The van der Waals surface area contributed by atoms with Crippen molar-refractivity contribution in [2.75, 3.05) is 6.54 Å². The quantitative estimate of drug-likeness (QED) is 0.583. The van der Waals surface area contributed by atoms with Crippen LogP contribution in [0.15, 0.2) is 12.3 Å². The molecule has 7 heteroatoms. The van der Waals surface area contributed by atoms with Gasteiger partial charge in [0.05, 0.1) is 17.2 Å². The summed E-state index contributed by atoms with van der Waals surface area (Å²) in [4.78, 5) is 22.0. The summed E-state index contributed by atoms with van der Waals surface area (Å²) in [5, 5.41) is 22.3. The van der Waals surface area contributed by atoms with Crippen molar-refractivity contribution < 1.29 is 14.8 Å². The molecule has 18 heavy (non-hydrogen) atoms. The molecule has 0 saturated heterocycles. The Morgan fingerprint density at radius 2 is 2.33 bits per heavy atom. The van der Waals surface area contributed by atoms with Crippen LogP contribution in [0.2, 0.25) is 0 Å². The van der Waals surface area contributed by atoms with E-state index in [-0.39, 0.29) is 17.9 Å². The van der Waals surface area contributed by atoms with Gasteiger partial charge < -0.3 is 15.0 Å². The minimum absolute atomic E-state index is 0.106. The molecular weight excluding hydrogens is 238 g/mol. The number of amides is 1. The molecule has 0 aliphatic rings. The van der Waals surface area contributed by atoms with Gasteiger partial charge in [0.2, 0.25) is 0 Å². The molecule has 0 aliphatic carbocycles. The molecular formula is C11H17N3O4. The van der Waals surface area contributed by atoms with Crippen molar-refractivity contribution in [3.8, 4) is 0 Å². The average Bonchev–Trinajstić information content (AvgIpc) is 2.70. The van der Waals surface area contributed by atoms with Gasteiger partial charge in [-0.05, 0) is 13.3 Å². The predicted octanol–water partition coefficient (Wildman–Crippen LogP) is 0.917. The molecule has 2 N–H and O–H groups in total. The highest BCUT2D eigenvalue weighted by molar-refractivity contribution is 5.93. The Labute approximate surface area is 105 Å². The molecule has 0 aliphatic heterocycles. The number of aliphatic hydroxyl groups is 1. The number of aryl methyl sites for hydroxylation is 1. The minimum atomic E-state index is -0.654. The second kappa shape index (κ2) is 6.15. The molecule has 1 atom stereocenters. The molecule has 1 aromatic rings. The molecule has 0 unspecified atom stereocenters. The highest BCUT2D eigenvalue weighted by Crippen LogP contribution is 2.16. The van der Waals surface area contributed by atoms with Crippen LogP contribution in [0.4, 0.5) is 5.69 Å². The lowest BCUT2D eigenvalue weighted by Gasteiger charge is -2.09. The van der Waals surface area contributed by atoms with Gasteiger partial charge >= 0.3 is 0 Å². The Balaban J connectivity index is 2.90. The molecule has 1 amide bonds. The van der Waals surface area contributed by atoms with Crippen molar-refractivity contribution in [2.24, 2.45) is 0 Å². The maximum absolute atomic E-state index is 11.8. The third-order valence-electron chi connectivity index (χ3n) is 2.35. The molecule has 0 fully saturated rings. The standard InChI is InChI=1S/C11H17N3O4/c1-3-4-13-7-9(14(17)18)5-10(13)11(16)12-6-8(2)15/h5,7-8,15H,3-4,6H2,1-2H3,(H,12,16)/t8-/m1/s1. The lowest BCUT2D eigenvalue weighted by atomic mass is 10.3. The number of rotatable bonds is 6. The minimum Gasteiger partial charge on any atom is -0.392 e. The maximum atomic E-state index is 11.8. The Hall–Kier alpha value is -1.89. The number of carbonyl (C=O) groups excluding carboxylic acids is 1. The fourth-order valence-corrected chi connectivity index (χ4v) is 1.54. The first-order valence-electron chi connectivity index (χ1n) is 5.76. The molecule has 0 bridgehead atoms. The van der Waals surface area contributed by atoms with Gasteiger partial charge in [-0.2, -0.15) is 0 Å². The number of carbonyl (C=O) groups is 1. The van der Waals surface area contributed by atoms with Crippen molar-refractivity contribution in [2.45, 2.75) is 32.9 Å². The normalized spacial score (nSPS) is 12.2. The molecule has 0 radical (unpaired) electrons. The van der Waals surface area contributed by atoms with E-state index in [0.29, 0.717) is 6.54 Å². The SMILES string of the molecule is CCCn1cc([N+](=O)[O-])cc1C(=O)NC[C@@H](C)O. The lowest BCUT2D eigenvalue weighted by molar-refractivity contribution is -0.384. The lowest BCUT2D eigenvalue weighted by Crippen LogP contribution is -2.31. The van der Waals surface area contributed by atoms with E-state index >= 15 is 0 Å². The summed E-state index contributed by atoms with van der Waals surface area (Å²) in [6.07, 6.45) is 1.46. The highest BCUT2D eigenvalue weighted by atomic mass is 16.6. The van der Waals surface area contributed by atoms with E-state index < -0.39 is 16.9 Å². The number of nitrogens with one attached hydrogen (secondary N) is 1. The number of aromatic nitrogens is 1. The Kier molecular flexibility index (Phi) is 4.85. The molecule has 1 heterocycles. The predicted molar refractivity (Wildman–Crippen MR) is 65.4 cm³/mol. The van der Waals surface area contributed by atoms with Crippen LogP contribution in [0.1, 0.15) is 30.8 Å². The van der Waals surface area contributed by atoms with E-state index in [1.165, 1.54) is 12.3 Å². The van der Waals surface area contributed by atoms with Gasteiger partial charge in [-0.1, -0.05) is 6.92 Å². The molecule has 1 aromatic heterocycles. The van der Waals surface area contributed by atoms with Crippen molar-refractivity contribution in [3.05, 3.63) is 28.1 Å². The molecule has 0 aromatic carbocycles. The zero-order valence-electron chi connectivity index (χ0n) is 10.4. The third-order valence-corrected chi connectivity index (χ3v) is 2.35. The van der Waals surface area contributed by atoms with E-state index in [9.17, 15) is 14.9 Å². The first-order chi connectivity index (χ1) is 8.45. The number of hydrogen-bond donors (Lipinski definition) is 2. The van der Waals surface area contributed by atoms with Crippen LogP contribution in [0.25, 0.3) is 0 Å². The Bertz CT molecular complexity index is 439. The highest BCUT2D eigenvalue weighted by Gasteiger charge is 2.18. The Morgan fingerprint density at radius 1 is 1.67 bits per heavy atom. The van der Waals surface area contributed by atoms with E-state index in [0.717, 1.165) is 6.42 Å². The van der Waals surface area contributed by atoms with Crippen molar-refractivity contribution in [1.29, 1.82) is 0 Å². The summed E-state index contributed by atoms with van der Waals surface area (Å²) in [5.74, 6) is -0.419. The first kappa shape index (κ1) is 14.2. The van der Waals surface area contributed by atoms with Crippen LogP contribution in [0, 0.1) is 10.1 Å². The monoisotopic (exact) mass is 255 g/mol. The van der Waals surface area contributed by atoms with Crippen molar-refractivity contribution in [1.82, 2.24) is 9.88 Å². The molecule has 0 spiro atoms. The van der Waals surface area contributed by atoms with Crippen LogP contribution < -0.4 is 5.32 Å². The summed E-state index contributed by atoms with van der Waals surface area (Å²) in [7, 11) is 0. The number of hydrogen-bond acceptors (Lipinski definition) is 4. The van der Waals surface area contributed by atoms with Crippen LogP contribution in [0.3, 0.4) is 0 Å². The number of nitro groups is 1. The fraction of sp³-hybridized carbons (Fsp3) is 0.545. The van der Waals surface area contributed by atoms with Gasteiger partial charge in [0.15, 0.2) is 0 Å². The van der Waals surface area contributed by atoms with E-state index in [4.69, 9.17) is 5.11 Å². The Morgan fingerprint density at radius 3 is 2.83 bits per heavy atom. The fourth-order valence-electron chi connectivity index (χ4n) is 1.54. The van der Waals surface area contributed by atoms with Gasteiger partial charge in [0, 0.05) is 19.2 Å². The van der Waals surface area contributed by atoms with Gasteiger partial charge in [-0.3, -0.25) is 14.9 Å². The van der Waals surface area contributed by atoms with Crippen LogP contribution in [-0.2, 0) is 6.54 Å². The summed E-state index contributed by atoms with van der Waals surface area (Å²) in [6.45, 7) is 4.12. The summed E-state index contributed by atoms with van der Waals surface area (Å²) >= 11 is 0. The van der Waals surface area contributed by atoms with Gasteiger partial charge in [0.1, 0.15) is 5.69 Å². The topological polar surface area (TPSA) is 97.4 Å². The molecule has 100 valence electrons. The first-order valence-corrected chi connectivity index (χ1v) is 5.76. The van der Waals surface area contributed by atoms with E-state index in [1.54, 1.807) is 11.5 Å². The molecule has 7 nitrogen and oxygen atoms in total. The smallest absolute Gasteiger partial charge is 0.287 e. The maximum Gasteiger partial charge on any atom is 0.287 e. The molecule has 0 saturated carbocycles.